The van der Waals surface area contributed by atoms with Crippen molar-refractivity contribution >= 4 is 34.1 Å². The molecule has 2 amide bonds. The number of carbonyl (C=O) groups excluding carboxylic acids is 3. The third-order valence-electron chi connectivity index (χ3n) is 7.29. The van der Waals surface area contributed by atoms with Gasteiger partial charge < -0.3 is 24.7 Å². The second-order valence-corrected chi connectivity index (χ2v) is 10.1. The van der Waals surface area contributed by atoms with Gasteiger partial charge in [0.25, 0.3) is 17.6 Å². The number of fused-ring (bicyclic) bond motifs is 1. The molecule has 13 nitrogen and oxygen atoms in total. The molecular weight excluding hydrogens is 564 g/mol. The van der Waals surface area contributed by atoms with Crippen LogP contribution in [0.25, 0.3) is 22.3 Å². The molecule has 0 aliphatic carbocycles. The molecule has 0 saturated carbocycles. The van der Waals surface area contributed by atoms with Crippen LogP contribution in [-0.2, 0) is 9.53 Å². The smallest absolute Gasteiger partial charge is 0.295 e. The summed E-state index contributed by atoms with van der Waals surface area (Å²) in [7, 11) is 1.44. The zero-order valence-corrected chi connectivity index (χ0v) is 24.5. The van der Waals surface area contributed by atoms with Crippen molar-refractivity contribution in [3.05, 3.63) is 71.6 Å². The summed E-state index contributed by atoms with van der Waals surface area (Å²) in [6.07, 6.45) is 6.09. The standard InChI is InChI=1S/C31H32N8O5/c1-3-14-44-15-11-33-30(41)28-36-19-39(37-28)29-26-25(24(43-2)18-35-29)23(17-34-26)27(40)31(42)38-12-9-21(10-13-38)22(16-32)20-7-5-4-6-8-20/h4-8,17-19,34H,3,9-15H2,1-2H3,(H,33,41). The van der Waals surface area contributed by atoms with Crippen molar-refractivity contribution in [3.8, 4) is 17.6 Å². The Kier molecular flexibility index (Phi) is 9.41. The lowest BCUT2D eigenvalue weighted by Crippen LogP contribution is -2.40. The summed E-state index contributed by atoms with van der Waals surface area (Å²) in [6.45, 7) is 3.94. The fraction of sp³-hybridized carbons (Fsp3) is 0.323. The molecule has 0 radical (unpaired) electrons. The van der Waals surface area contributed by atoms with Gasteiger partial charge in [-0.1, -0.05) is 37.3 Å². The molecule has 1 aliphatic heterocycles. The maximum atomic E-state index is 13.5. The van der Waals surface area contributed by atoms with Gasteiger partial charge in [-0.25, -0.2) is 9.97 Å². The predicted octanol–water partition coefficient (Wildman–Crippen LogP) is 3.09. The number of nitrogens with one attached hydrogen (secondary N) is 2. The molecule has 44 heavy (non-hydrogen) atoms. The van der Waals surface area contributed by atoms with E-state index < -0.39 is 17.6 Å². The number of nitriles is 1. The summed E-state index contributed by atoms with van der Waals surface area (Å²) in [4.78, 5) is 52.4. The molecule has 3 aromatic heterocycles. The second kappa shape index (κ2) is 13.7. The Bertz CT molecular complexity index is 1740. The highest BCUT2D eigenvalue weighted by Gasteiger charge is 2.30. The number of carbonyl (C=O) groups is 3. The second-order valence-electron chi connectivity index (χ2n) is 10.1. The van der Waals surface area contributed by atoms with E-state index >= 15 is 0 Å². The average molecular weight is 597 g/mol. The van der Waals surface area contributed by atoms with Gasteiger partial charge in [-0.2, -0.15) is 9.94 Å². The van der Waals surface area contributed by atoms with Crippen LogP contribution in [0, 0.1) is 11.3 Å². The third-order valence-corrected chi connectivity index (χ3v) is 7.29. The van der Waals surface area contributed by atoms with Gasteiger partial charge in [0, 0.05) is 32.4 Å². The summed E-state index contributed by atoms with van der Waals surface area (Å²) in [5.74, 6) is -1.32. The summed E-state index contributed by atoms with van der Waals surface area (Å²) >= 11 is 0. The van der Waals surface area contributed by atoms with E-state index in [2.05, 4.69) is 31.4 Å². The molecule has 226 valence electrons. The van der Waals surface area contributed by atoms with Crippen LogP contribution in [0.4, 0.5) is 0 Å². The van der Waals surface area contributed by atoms with Crippen molar-refractivity contribution in [3.63, 3.8) is 0 Å². The molecule has 4 aromatic rings. The van der Waals surface area contributed by atoms with Crippen LogP contribution in [0.1, 0.15) is 52.7 Å². The SMILES string of the molecule is CCCOCCNC(=O)c1ncn(-c2ncc(OC)c3c(C(=O)C(=O)N4CCC(=C(C#N)c5ccccc5)CC4)c[nH]c23)n1. The van der Waals surface area contributed by atoms with E-state index in [0.717, 1.165) is 17.6 Å². The Morgan fingerprint density at radius 1 is 1.11 bits per heavy atom. The van der Waals surface area contributed by atoms with Crippen molar-refractivity contribution in [2.45, 2.75) is 26.2 Å². The van der Waals surface area contributed by atoms with Gasteiger partial charge in [-0.3, -0.25) is 14.4 Å². The van der Waals surface area contributed by atoms with Gasteiger partial charge in [0.05, 0.1) is 48.0 Å². The van der Waals surface area contributed by atoms with E-state index in [1.165, 1.54) is 35.4 Å². The number of ketones is 1. The Hall–Kier alpha value is -5.35. The number of hydrogen-bond acceptors (Lipinski definition) is 9. The minimum absolute atomic E-state index is 0.0605. The number of pyridine rings is 1. The number of methoxy groups -OCH3 is 1. The number of hydrogen-bond donors (Lipinski definition) is 2. The highest BCUT2D eigenvalue weighted by atomic mass is 16.5. The lowest BCUT2D eigenvalue weighted by atomic mass is 9.93. The normalized spacial score (nSPS) is 13.0. The monoisotopic (exact) mass is 596 g/mol. The van der Waals surface area contributed by atoms with Crippen molar-refractivity contribution < 1.29 is 23.9 Å². The highest BCUT2D eigenvalue weighted by molar-refractivity contribution is 6.45. The number of H-pyrrole nitrogens is 1. The van der Waals surface area contributed by atoms with Gasteiger partial charge in [-0.15, -0.1) is 5.10 Å². The van der Waals surface area contributed by atoms with Gasteiger partial charge in [0.2, 0.25) is 5.82 Å². The van der Waals surface area contributed by atoms with Crippen LogP contribution >= 0.6 is 0 Å². The van der Waals surface area contributed by atoms with Gasteiger partial charge >= 0.3 is 0 Å². The number of allylic oxidation sites excluding steroid dienone is 1. The van der Waals surface area contributed by atoms with Crippen molar-refractivity contribution in [2.75, 3.05) is 40.0 Å². The summed E-state index contributed by atoms with van der Waals surface area (Å²) in [5.41, 5.74) is 2.92. The van der Waals surface area contributed by atoms with Crippen LogP contribution in [-0.4, -0.2) is 87.2 Å². The Morgan fingerprint density at radius 2 is 1.89 bits per heavy atom. The predicted molar refractivity (Wildman–Crippen MR) is 160 cm³/mol. The van der Waals surface area contributed by atoms with E-state index in [-0.39, 0.29) is 23.0 Å². The number of benzene rings is 1. The summed E-state index contributed by atoms with van der Waals surface area (Å²) < 4.78 is 12.2. The fourth-order valence-corrected chi connectivity index (χ4v) is 5.08. The maximum absolute atomic E-state index is 13.5. The van der Waals surface area contributed by atoms with Crippen molar-refractivity contribution in [2.24, 2.45) is 0 Å². The molecule has 4 heterocycles. The van der Waals surface area contributed by atoms with E-state index in [1.54, 1.807) is 0 Å². The summed E-state index contributed by atoms with van der Waals surface area (Å²) in [5, 5.41) is 17.1. The number of aromatic nitrogens is 5. The first-order valence-corrected chi connectivity index (χ1v) is 14.3. The minimum atomic E-state index is -0.702. The number of piperidine rings is 1. The first-order chi connectivity index (χ1) is 21.5. The lowest BCUT2D eigenvalue weighted by Gasteiger charge is -2.28. The van der Waals surface area contributed by atoms with Crippen LogP contribution in [0.5, 0.6) is 5.75 Å². The Morgan fingerprint density at radius 3 is 2.59 bits per heavy atom. The highest BCUT2D eigenvalue weighted by Crippen LogP contribution is 2.32. The van der Waals surface area contributed by atoms with E-state index in [1.807, 2.05) is 37.3 Å². The van der Waals surface area contributed by atoms with Gasteiger partial charge in [-0.05, 0) is 30.4 Å². The number of Topliss-reactive ketones (excluding diaryl/α,β-unsaturated/α-hetero) is 1. The quantitative estimate of drug-likeness (QED) is 0.114. The molecule has 2 N–H and O–H groups in total. The van der Waals surface area contributed by atoms with E-state index in [9.17, 15) is 19.6 Å². The third kappa shape index (κ3) is 6.20. The number of likely N-dealkylation sites (tertiary alicyclic amines) is 1. The molecule has 0 unspecified atom stereocenters. The van der Waals surface area contributed by atoms with Crippen LogP contribution < -0.4 is 10.1 Å². The molecule has 13 heteroatoms. The first kappa shape index (κ1) is 30.1. The number of nitrogens with zero attached hydrogens (tertiary/aromatic N) is 6. The molecule has 1 aliphatic rings. The number of rotatable bonds is 11. The van der Waals surface area contributed by atoms with Crippen molar-refractivity contribution in [1.29, 1.82) is 5.26 Å². The zero-order chi connectivity index (χ0) is 31.1. The molecule has 0 bridgehead atoms. The molecule has 1 fully saturated rings. The van der Waals surface area contributed by atoms with E-state index in [0.29, 0.717) is 62.2 Å². The molecular formula is C31H32N8O5. The Labute approximate surface area is 253 Å². The zero-order valence-electron chi connectivity index (χ0n) is 24.5. The maximum Gasteiger partial charge on any atom is 0.295 e. The topological polar surface area (TPSA) is 168 Å². The number of amides is 2. The number of ether oxygens (including phenoxy) is 2. The minimum Gasteiger partial charge on any atom is -0.494 e. The average Bonchev–Trinajstić information content (AvgIpc) is 3.74. The lowest BCUT2D eigenvalue weighted by molar-refractivity contribution is -0.126. The number of aromatic amines is 1. The van der Waals surface area contributed by atoms with Crippen LogP contribution in [0.3, 0.4) is 0 Å². The molecule has 1 aromatic carbocycles. The molecule has 0 atom stereocenters. The van der Waals surface area contributed by atoms with E-state index in [4.69, 9.17) is 9.47 Å². The summed E-state index contributed by atoms with van der Waals surface area (Å²) in [6, 6.07) is 11.7. The van der Waals surface area contributed by atoms with Gasteiger partial charge in [0.1, 0.15) is 12.1 Å². The molecule has 5 rings (SSSR count). The molecule has 0 spiro atoms. The van der Waals surface area contributed by atoms with Gasteiger partial charge in [0.15, 0.2) is 5.82 Å². The molecule has 1 saturated heterocycles. The first-order valence-electron chi connectivity index (χ1n) is 14.3. The largest absolute Gasteiger partial charge is 0.494 e. The fourth-order valence-electron chi connectivity index (χ4n) is 5.08. The Balaban J connectivity index is 1.33. The van der Waals surface area contributed by atoms with Crippen LogP contribution in [0.15, 0.2) is 54.6 Å². The van der Waals surface area contributed by atoms with Crippen molar-refractivity contribution in [1.82, 2.24) is 34.9 Å². The van der Waals surface area contributed by atoms with Crippen LogP contribution in [0.2, 0.25) is 0 Å².